The Balaban J connectivity index is 2.54. The summed E-state index contributed by atoms with van der Waals surface area (Å²) < 4.78 is 4.84. The first-order chi connectivity index (χ1) is 3.30. The van der Waals surface area contributed by atoms with Crippen LogP contribution in [0.2, 0.25) is 0 Å². The van der Waals surface area contributed by atoms with Crippen molar-refractivity contribution in [3.63, 3.8) is 0 Å². The zero-order chi connectivity index (χ0) is 5.28. The van der Waals surface area contributed by atoms with Crippen LogP contribution in [0.3, 0.4) is 0 Å². The van der Waals surface area contributed by atoms with Crippen LogP contribution in [0.1, 0.15) is 18.7 Å². The molecule has 2 N–H and O–H groups in total. The van der Waals surface area contributed by atoms with Gasteiger partial charge in [0.2, 0.25) is 0 Å². The smallest absolute Gasteiger partial charge is 0.150 e. The van der Waals surface area contributed by atoms with Gasteiger partial charge in [0.15, 0.2) is 0 Å². The first kappa shape index (κ1) is 4.87. The highest BCUT2D eigenvalue weighted by atomic mass is 32.1. The first-order valence-corrected chi connectivity index (χ1v) is 2.90. The van der Waals surface area contributed by atoms with Gasteiger partial charge in [-0.15, -0.1) is 0 Å². The highest BCUT2D eigenvalue weighted by molar-refractivity contribution is 7.01. The third-order valence-electron chi connectivity index (χ3n) is 0.757. The summed E-state index contributed by atoms with van der Waals surface area (Å²) in [6.45, 7) is 1.89. The molecule has 0 aromatic carbocycles. The minimum Gasteiger partial charge on any atom is -0.404 e. The van der Waals surface area contributed by atoms with Crippen LogP contribution >= 0.6 is 11.6 Å². The second-order valence-corrected chi connectivity index (χ2v) is 2.08. The van der Waals surface area contributed by atoms with E-state index < -0.39 is 0 Å². The summed E-state index contributed by atoms with van der Waals surface area (Å²) in [6, 6.07) is 0.0706. The van der Waals surface area contributed by atoms with Crippen LogP contribution in [0.15, 0.2) is 9.23 Å². The number of nitrogens with two attached hydrogens (primary N) is 1. The molecule has 0 saturated carbocycles. The van der Waals surface area contributed by atoms with Crippen molar-refractivity contribution in [1.82, 2.24) is 0 Å². The molecule has 0 radical (unpaired) electrons. The van der Waals surface area contributed by atoms with Crippen molar-refractivity contribution in [3.05, 3.63) is 11.1 Å². The fraction of sp³-hybridized carbons (Fsp3) is 0.500. The summed E-state index contributed by atoms with van der Waals surface area (Å²) in [6.07, 6.45) is 0. The molecule has 0 bridgehead atoms. The first-order valence-electron chi connectivity index (χ1n) is 2.09. The Morgan fingerprint density at radius 2 is 2.57 bits per heavy atom. The molecule has 0 spiro atoms. The predicted octanol–water partition coefficient (Wildman–Crippen LogP) is 1.36. The normalized spacial score (nSPS) is 14.6. The summed E-state index contributed by atoms with van der Waals surface area (Å²) in [5.74, 6) is 0.894. The fourth-order valence-corrected chi connectivity index (χ4v) is 0.861. The highest BCUT2D eigenvalue weighted by Gasteiger charge is 2.02. The molecule has 2 nitrogen and oxygen atoms in total. The molecule has 7 heavy (non-hydrogen) atoms. The maximum absolute atomic E-state index is 5.39. The molecule has 0 aliphatic carbocycles. The van der Waals surface area contributed by atoms with Gasteiger partial charge in [0.1, 0.15) is 5.76 Å². The molecule has 40 valence electrons. The Hall–Kier alpha value is -0.280. The molecule has 1 heterocycles. The quantitative estimate of drug-likeness (QED) is 0.603. The van der Waals surface area contributed by atoms with Crippen molar-refractivity contribution < 1.29 is 3.85 Å². The summed E-state index contributed by atoms with van der Waals surface area (Å²) in [7, 11) is 0. The maximum atomic E-state index is 5.39. The van der Waals surface area contributed by atoms with Crippen LogP contribution in [-0.4, -0.2) is 0 Å². The molecule has 1 aromatic heterocycles. The molecule has 0 amide bonds. The van der Waals surface area contributed by atoms with Crippen molar-refractivity contribution in [2.24, 2.45) is 5.73 Å². The van der Waals surface area contributed by atoms with E-state index in [-0.39, 0.29) is 6.04 Å². The Bertz CT molecular complexity index is 124. The number of rotatable bonds is 1. The van der Waals surface area contributed by atoms with E-state index >= 15 is 0 Å². The van der Waals surface area contributed by atoms with Gasteiger partial charge in [-0.2, -0.15) is 0 Å². The third-order valence-corrected chi connectivity index (χ3v) is 1.37. The summed E-state index contributed by atoms with van der Waals surface area (Å²) >= 11 is 1.33. The zero-order valence-electron chi connectivity index (χ0n) is 4.05. The molecule has 0 saturated heterocycles. The average molecular weight is 117 g/mol. The second kappa shape index (κ2) is 1.68. The van der Waals surface area contributed by atoms with Crippen molar-refractivity contribution >= 4 is 11.6 Å². The standard InChI is InChI=1S/C4H7NOS/c1-3(5)4-2-7-6-4/h2-3H,5H2,1H3. The lowest BCUT2D eigenvalue weighted by molar-refractivity contribution is 0.538. The summed E-state index contributed by atoms with van der Waals surface area (Å²) in [4.78, 5) is 0. The van der Waals surface area contributed by atoms with E-state index in [2.05, 4.69) is 0 Å². The van der Waals surface area contributed by atoms with E-state index in [1.165, 1.54) is 11.6 Å². The van der Waals surface area contributed by atoms with Gasteiger partial charge in [0.25, 0.3) is 0 Å². The topological polar surface area (TPSA) is 39.2 Å². The van der Waals surface area contributed by atoms with Crippen LogP contribution < -0.4 is 5.73 Å². The molecule has 1 aromatic rings. The largest absolute Gasteiger partial charge is 0.404 e. The van der Waals surface area contributed by atoms with Gasteiger partial charge in [0, 0.05) is 11.6 Å². The lowest BCUT2D eigenvalue weighted by Gasteiger charge is -2.01. The van der Waals surface area contributed by atoms with Gasteiger partial charge in [-0.25, -0.2) is 0 Å². The van der Waals surface area contributed by atoms with Crippen molar-refractivity contribution in [2.45, 2.75) is 13.0 Å². The van der Waals surface area contributed by atoms with Gasteiger partial charge in [-0.3, -0.25) is 0 Å². The van der Waals surface area contributed by atoms with Crippen molar-refractivity contribution in [1.29, 1.82) is 0 Å². The van der Waals surface area contributed by atoms with Crippen LogP contribution in [0.5, 0.6) is 0 Å². The minimum absolute atomic E-state index is 0.0706. The summed E-state index contributed by atoms with van der Waals surface area (Å²) in [5.41, 5.74) is 5.39. The molecule has 1 rings (SSSR count). The molecule has 1 atom stereocenters. The van der Waals surface area contributed by atoms with Gasteiger partial charge < -0.3 is 9.58 Å². The van der Waals surface area contributed by atoms with E-state index in [4.69, 9.17) is 9.58 Å². The van der Waals surface area contributed by atoms with Gasteiger partial charge in [-0.1, -0.05) is 0 Å². The lowest BCUT2D eigenvalue weighted by Crippen LogP contribution is -2.04. The van der Waals surface area contributed by atoms with E-state index in [0.29, 0.717) is 0 Å². The minimum atomic E-state index is 0.0706. The molecule has 0 aliphatic rings. The van der Waals surface area contributed by atoms with Crippen LogP contribution in [0.25, 0.3) is 0 Å². The fourth-order valence-electron chi connectivity index (χ4n) is 0.287. The lowest BCUT2D eigenvalue weighted by atomic mass is 10.3. The zero-order valence-corrected chi connectivity index (χ0v) is 4.87. The molecule has 0 aliphatic heterocycles. The van der Waals surface area contributed by atoms with E-state index in [1.54, 1.807) is 0 Å². The van der Waals surface area contributed by atoms with E-state index in [0.717, 1.165) is 5.76 Å². The molecular weight excluding hydrogens is 110 g/mol. The Morgan fingerprint density at radius 1 is 2.00 bits per heavy atom. The van der Waals surface area contributed by atoms with Crippen molar-refractivity contribution in [3.8, 4) is 0 Å². The monoisotopic (exact) mass is 117 g/mol. The Morgan fingerprint density at radius 3 is 2.57 bits per heavy atom. The average Bonchev–Trinajstić information content (AvgIpc) is 1.23. The van der Waals surface area contributed by atoms with Gasteiger partial charge in [0.05, 0.1) is 11.4 Å². The Kier molecular flexibility index (Phi) is 1.17. The Labute approximate surface area is 46.2 Å². The van der Waals surface area contributed by atoms with E-state index in [1.807, 2.05) is 12.3 Å². The molecule has 1 unspecified atom stereocenters. The highest BCUT2D eigenvalue weighted by Crippen LogP contribution is 2.15. The molecular formula is C4H7NOS. The second-order valence-electron chi connectivity index (χ2n) is 1.49. The number of hydrogen-bond acceptors (Lipinski definition) is 3. The molecule has 0 fully saturated rings. The molecule has 3 heteroatoms. The van der Waals surface area contributed by atoms with Crippen LogP contribution in [-0.2, 0) is 0 Å². The van der Waals surface area contributed by atoms with E-state index in [9.17, 15) is 0 Å². The van der Waals surface area contributed by atoms with Gasteiger partial charge in [-0.05, 0) is 6.92 Å². The maximum Gasteiger partial charge on any atom is 0.150 e. The summed E-state index contributed by atoms with van der Waals surface area (Å²) in [5, 5.41) is 1.91. The van der Waals surface area contributed by atoms with Crippen LogP contribution in [0, 0.1) is 0 Å². The predicted molar refractivity (Wildman–Crippen MR) is 29.2 cm³/mol. The van der Waals surface area contributed by atoms with Gasteiger partial charge >= 0.3 is 0 Å². The third kappa shape index (κ3) is 0.838. The number of hydrogen-bond donors (Lipinski definition) is 1. The van der Waals surface area contributed by atoms with Crippen molar-refractivity contribution in [2.75, 3.05) is 0 Å². The van der Waals surface area contributed by atoms with Crippen LogP contribution in [0.4, 0.5) is 0 Å². The SMILES string of the molecule is CC(N)c1cso1.